The van der Waals surface area contributed by atoms with Crippen LogP contribution in [0.3, 0.4) is 0 Å². The fourth-order valence-electron chi connectivity index (χ4n) is 1.81. The van der Waals surface area contributed by atoms with E-state index in [-0.39, 0.29) is 22.2 Å². The lowest BCUT2D eigenvalue weighted by molar-refractivity contribution is -0.138. The molecule has 1 N–H and O–H groups in total. The molecule has 0 bridgehead atoms. The zero-order valence-electron chi connectivity index (χ0n) is 11.3. The normalized spacial score (nSPS) is 11.4. The molecule has 3 rings (SSSR count). The van der Waals surface area contributed by atoms with Crippen molar-refractivity contribution in [2.24, 2.45) is 0 Å². The predicted molar refractivity (Wildman–Crippen MR) is 76.4 cm³/mol. The van der Waals surface area contributed by atoms with Gasteiger partial charge >= 0.3 is 6.18 Å². The molecule has 0 spiro atoms. The van der Waals surface area contributed by atoms with E-state index >= 15 is 0 Å². The number of carbonyl (C=O) groups excluding carboxylic acids is 1. The fourth-order valence-corrected chi connectivity index (χ4v) is 2.41. The molecule has 118 valence electrons. The van der Waals surface area contributed by atoms with Crippen molar-refractivity contribution in [2.45, 2.75) is 6.18 Å². The maximum absolute atomic E-state index is 12.5. The number of anilines is 1. The first-order valence-electron chi connectivity index (χ1n) is 6.25. The van der Waals surface area contributed by atoms with Gasteiger partial charge in [-0.15, -0.1) is 10.2 Å². The Kier molecular flexibility index (Phi) is 3.82. The molecule has 3 aromatic rings. The van der Waals surface area contributed by atoms with Crippen LogP contribution in [0, 0.1) is 0 Å². The van der Waals surface area contributed by atoms with Gasteiger partial charge in [-0.2, -0.15) is 13.2 Å². The van der Waals surface area contributed by atoms with Crippen molar-refractivity contribution >= 4 is 22.4 Å². The summed E-state index contributed by atoms with van der Waals surface area (Å²) in [5.74, 6) is -0.628. The molecule has 0 atom stereocenters. The third kappa shape index (κ3) is 3.21. The molecule has 2 aromatic heterocycles. The number of para-hydroxylation sites is 1. The Morgan fingerprint density at radius 2 is 1.91 bits per heavy atom. The number of benzene rings is 1. The molecule has 0 saturated carbocycles. The van der Waals surface area contributed by atoms with Crippen LogP contribution in [0.1, 0.15) is 15.5 Å². The van der Waals surface area contributed by atoms with Crippen LogP contribution in [0.15, 0.2) is 42.9 Å². The summed E-state index contributed by atoms with van der Waals surface area (Å²) in [6.07, 6.45) is -1.84. The summed E-state index contributed by atoms with van der Waals surface area (Å²) in [6.45, 7) is 0. The number of hydrogen-bond acceptors (Lipinski definition) is 5. The van der Waals surface area contributed by atoms with Crippen LogP contribution < -0.4 is 5.32 Å². The monoisotopic (exact) mass is 339 g/mol. The van der Waals surface area contributed by atoms with Gasteiger partial charge in [0.15, 0.2) is 0 Å². The zero-order valence-corrected chi connectivity index (χ0v) is 12.1. The molecule has 0 unspecified atom stereocenters. The Balaban J connectivity index is 1.83. The maximum Gasteiger partial charge on any atom is 0.445 e. The number of alkyl halides is 3. The molecule has 0 aliphatic rings. The summed E-state index contributed by atoms with van der Waals surface area (Å²) >= 11 is 0.258. The van der Waals surface area contributed by atoms with E-state index < -0.39 is 17.1 Å². The minimum absolute atomic E-state index is 0.167. The van der Waals surface area contributed by atoms with E-state index in [1.165, 1.54) is 17.1 Å². The predicted octanol–water partition coefficient (Wildman–Crippen LogP) is 2.99. The number of rotatable bonds is 3. The second kappa shape index (κ2) is 5.80. The SMILES string of the molecule is O=C(Nc1nnc(C(F)(F)F)s1)c1cncn1-c1ccccc1. The molecule has 6 nitrogen and oxygen atoms in total. The van der Waals surface area contributed by atoms with Crippen LogP contribution >= 0.6 is 11.3 Å². The molecular formula is C13H8F3N5OS. The Morgan fingerprint density at radius 1 is 1.17 bits per heavy atom. The van der Waals surface area contributed by atoms with Gasteiger partial charge in [0.05, 0.1) is 12.5 Å². The minimum Gasteiger partial charge on any atom is -0.295 e. The minimum atomic E-state index is -4.59. The molecule has 0 fully saturated rings. The van der Waals surface area contributed by atoms with Crippen LogP contribution in [0.5, 0.6) is 0 Å². The van der Waals surface area contributed by atoms with Crippen molar-refractivity contribution in [3.05, 3.63) is 53.6 Å². The molecule has 2 heterocycles. The second-order valence-corrected chi connectivity index (χ2v) is 5.33. The van der Waals surface area contributed by atoms with E-state index in [1.54, 1.807) is 24.3 Å². The molecule has 0 aliphatic heterocycles. The van der Waals surface area contributed by atoms with E-state index in [1.807, 2.05) is 6.07 Å². The average molecular weight is 339 g/mol. The van der Waals surface area contributed by atoms with E-state index in [0.717, 1.165) is 0 Å². The lowest BCUT2D eigenvalue weighted by Crippen LogP contribution is -2.15. The number of aromatic nitrogens is 4. The lowest BCUT2D eigenvalue weighted by atomic mass is 10.3. The van der Waals surface area contributed by atoms with Crippen LogP contribution in [0.4, 0.5) is 18.3 Å². The van der Waals surface area contributed by atoms with Crippen molar-refractivity contribution in [1.29, 1.82) is 0 Å². The second-order valence-electron chi connectivity index (χ2n) is 4.35. The highest BCUT2D eigenvalue weighted by Gasteiger charge is 2.35. The topological polar surface area (TPSA) is 72.7 Å². The third-order valence-corrected chi connectivity index (χ3v) is 3.68. The first kappa shape index (κ1) is 15.2. The number of amides is 1. The third-order valence-electron chi connectivity index (χ3n) is 2.79. The van der Waals surface area contributed by atoms with Crippen LogP contribution in [-0.4, -0.2) is 25.7 Å². The van der Waals surface area contributed by atoms with Crippen molar-refractivity contribution in [2.75, 3.05) is 5.32 Å². The van der Waals surface area contributed by atoms with Gasteiger partial charge in [-0.25, -0.2) is 4.98 Å². The van der Waals surface area contributed by atoms with E-state index in [9.17, 15) is 18.0 Å². The van der Waals surface area contributed by atoms with Crippen molar-refractivity contribution in [3.63, 3.8) is 0 Å². The number of nitrogens with zero attached hydrogens (tertiary/aromatic N) is 4. The zero-order chi connectivity index (χ0) is 16.4. The number of imidazole rings is 1. The van der Waals surface area contributed by atoms with Gasteiger partial charge in [0, 0.05) is 5.69 Å². The van der Waals surface area contributed by atoms with Gasteiger partial charge in [0.1, 0.15) is 5.69 Å². The van der Waals surface area contributed by atoms with Gasteiger partial charge in [0.25, 0.3) is 5.91 Å². The van der Waals surface area contributed by atoms with E-state index in [4.69, 9.17) is 0 Å². The highest BCUT2D eigenvalue weighted by molar-refractivity contribution is 7.15. The quantitative estimate of drug-likeness (QED) is 0.796. The van der Waals surface area contributed by atoms with Crippen molar-refractivity contribution in [3.8, 4) is 5.69 Å². The Morgan fingerprint density at radius 3 is 2.57 bits per heavy atom. The summed E-state index contributed by atoms with van der Waals surface area (Å²) in [5, 5.41) is 7.27. The molecule has 1 aromatic carbocycles. The first-order valence-corrected chi connectivity index (χ1v) is 7.06. The Hall–Kier alpha value is -2.75. The summed E-state index contributed by atoms with van der Waals surface area (Å²) in [4.78, 5) is 16.1. The molecule has 23 heavy (non-hydrogen) atoms. The van der Waals surface area contributed by atoms with Crippen LogP contribution in [0.2, 0.25) is 0 Å². The van der Waals surface area contributed by atoms with Crippen molar-refractivity contribution in [1.82, 2.24) is 19.7 Å². The van der Waals surface area contributed by atoms with E-state index in [2.05, 4.69) is 20.5 Å². The summed E-state index contributed by atoms with van der Waals surface area (Å²) < 4.78 is 39.0. The highest BCUT2D eigenvalue weighted by atomic mass is 32.1. The van der Waals surface area contributed by atoms with Gasteiger partial charge in [-0.3, -0.25) is 14.7 Å². The molecule has 1 amide bonds. The summed E-state index contributed by atoms with van der Waals surface area (Å²) in [6, 6.07) is 8.94. The first-order chi connectivity index (χ1) is 10.9. The van der Waals surface area contributed by atoms with Gasteiger partial charge < -0.3 is 0 Å². The standard InChI is InChI=1S/C13H8F3N5OS/c14-13(15,16)11-19-20-12(23-11)18-10(22)9-6-17-7-21(9)8-4-2-1-3-5-8/h1-7H,(H,18,20,22). The maximum atomic E-state index is 12.5. The van der Waals surface area contributed by atoms with Gasteiger partial charge in [0.2, 0.25) is 10.1 Å². The highest BCUT2D eigenvalue weighted by Crippen LogP contribution is 2.33. The molecule has 0 saturated heterocycles. The molecule has 10 heteroatoms. The smallest absolute Gasteiger partial charge is 0.295 e. The molecular weight excluding hydrogens is 331 g/mol. The molecule has 0 radical (unpaired) electrons. The Labute approximate surface area is 131 Å². The number of hydrogen-bond donors (Lipinski definition) is 1. The summed E-state index contributed by atoms with van der Waals surface area (Å²) in [7, 11) is 0. The largest absolute Gasteiger partial charge is 0.445 e. The van der Waals surface area contributed by atoms with Gasteiger partial charge in [-0.1, -0.05) is 29.5 Å². The van der Waals surface area contributed by atoms with Crippen LogP contribution in [0.25, 0.3) is 5.69 Å². The average Bonchev–Trinajstić information content (AvgIpc) is 3.16. The van der Waals surface area contributed by atoms with Gasteiger partial charge in [-0.05, 0) is 12.1 Å². The molecule has 0 aliphatic carbocycles. The lowest BCUT2D eigenvalue weighted by Gasteiger charge is -2.07. The number of halogens is 3. The number of nitrogens with one attached hydrogen (secondary N) is 1. The number of carbonyl (C=O) groups is 1. The summed E-state index contributed by atoms with van der Waals surface area (Å²) in [5.41, 5.74) is 0.864. The van der Waals surface area contributed by atoms with Crippen LogP contribution in [-0.2, 0) is 6.18 Å². The Bertz CT molecular complexity index is 828. The van der Waals surface area contributed by atoms with Crippen molar-refractivity contribution < 1.29 is 18.0 Å². The fraction of sp³-hybridized carbons (Fsp3) is 0.0769. The van der Waals surface area contributed by atoms with E-state index in [0.29, 0.717) is 5.69 Å².